The van der Waals surface area contributed by atoms with Gasteiger partial charge in [0.1, 0.15) is 0 Å². The molecule has 0 aliphatic rings. The average Bonchev–Trinajstić information content (AvgIpc) is 2.26. The van der Waals surface area contributed by atoms with Crippen molar-refractivity contribution < 1.29 is 10.1 Å². The van der Waals surface area contributed by atoms with Crippen molar-refractivity contribution in [2.75, 3.05) is 0 Å². The highest BCUT2D eigenvalue weighted by atomic mass is 16.6. The highest BCUT2D eigenvalue weighted by molar-refractivity contribution is 5.95. The number of hydrogen-bond acceptors (Lipinski definition) is 4. The Labute approximate surface area is 85.5 Å². The van der Waals surface area contributed by atoms with E-state index in [-0.39, 0.29) is 11.5 Å². The summed E-state index contributed by atoms with van der Waals surface area (Å²) in [4.78, 5) is 10.1. The molecule has 1 aromatic rings. The van der Waals surface area contributed by atoms with Gasteiger partial charge in [-0.15, -0.1) is 0 Å². The van der Waals surface area contributed by atoms with Crippen LogP contribution in [0.5, 0.6) is 0 Å². The maximum Gasteiger partial charge on any atom is 0.276 e. The highest BCUT2D eigenvalue weighted by Crippen LogP contribution is 2.18. The van der Waals surface area contributed by atoms with Gasteiger partial charge < -0.3 is 10.9 Å². The molecule has 0 atom stereocenters. The zero-order chi connectivity index (χ0) is 11.3. The van der Waals surface area contributed by atoms with Gasteiger partial charge in [0.15, 0.2) is 5.84 Å². The molecule has 1 aromatic carbocycles. The van der Waals surface area contributed by atoms with Gasteiger partial charge in [0.25, 0.3) is 5.69 Å². The summed E-state index contributed by atoms with van der Waals surface area (Å²) in [6.07, 6.45) is 2.69. The van der Waals surface area contributed by atoms with Crippen LogP contribution in [0.3, 0.4) is 0 Å². The average molecular weight is 207 g/mol. The minimum absolute atomic E-state index is 0.0283. The third-order valence-electron chi connectivity index (χ3n) is 1.68. The van der Waals surface area contributed by atoms with Gasteiger partial charge in [-0.1, -0.05) is 17.3 Å². The first-order valence-corrected chi connectivity index (χ1v) is 4.04. The predicted molar refractivity (Wildman–Crippen MR) is 55.5 cm³/mol. The first-order chi connectivity index (χ1) is 7.15. The standard InChI is InChI=1S/C9H9N3O3/c10-9(11-13)6-5-7-3-1-2-4-8(7)12(14)15/h1-6,13H,(H2,10,11)/b6-5+. The fourth-order valence-corrected chi connectivity index (χ4v) is 1.00. The minimum Gasteiger partial charge on any atom is -0.409 e. The number of rotatable bonds is 3. The molecule has 0 heterocycles. The summed E-state index contributed by atoms with van der Waals surface area (Å²) in [6, 6.07) is 6.18. The zero-order valence-corrected chi connectivity index (χ0v) is 7.70. The summed E-state index contributed by atoms with van der Waals surface area (Å²) < 4.78 is 0. The third kappa shape index (κ3) is 2.80. The summed E-state index contributed by atoms with van der Waals surface area (Å²) >= 11 is 0. The van der Waals surface area contributed by atoms with E-state index in [4.69, 9.17) is 10.9 Å². The molecule has 15 heavy (non-hydrogen) atoms. The summed E-state index contributed by atoms with van der Waals surface area (Å²) in [5.74, 6) is -0.117. The van der Waals surface area contributed by atoms with Crippen molar-refractivity contribution in [3.05, 3.63) is 46.0 Å². The van der Waals surface area contributed by atoms with Gasteiger partial charge in [0.2, 0.25) is 0 Å². The topological polar surface area (TPSA) is 102 Å². The van der Waals surface area contributed by atoms with Gasteiger partial charge in [-0.25, -0.2) is 0 Å². The second-order valence-corrected chi connectivity index (χ2v) is 2.67. The van der Waals surface area contributed by atoms with E-state index in [0.29, 0.717) is 5.56 Å². The lowest BCUT2D eigenvalue weighted by Crippen LogP contribution is -2.06. The van der Waals surface area contributed by atoms with Crippen LogP contribution in [-0.4, -0.2) is 16.0 Å². The molecule has 0 bridgehead atoms. The van der Waals surface area contributed by atoms with Crippen LogP contribution < -0.4 is 5.73 Å². The molecule has 3 N–H and O–H groups in total. The van der Waals surface area contributed by atoms with Gasteiger partial charge >= 0.3 is 0 Å². The minimum atomic E-state index is -0.494. The molecular formula is C9H9N3O3. The van der Waals surface area contributed by atoms with E-state index in [1.54, 1.807) is 18.2 Å². The summed E-state index contributed by atoms with van der Waals surface area (Å²) in [7, 11) is 0. The maximum absolute atomic E-state index is 10.6. The van der Waals surface area contributed by atoms with Crippen LogP contribution in [0.2, 0.25) is 0 Å². The Bertz CT molecular complexity index is 426. The summed E-state index contributed by atoms with van der Waals surface area (Å²) in [6.45, 7) is 0. The first-order valence-electron chi connectivity index (χ1n) is 4.04. The Balaban J connectivity index is 3.04. The van der Waals surface area contributed by atoms with Gasteiger partial charge in [-0.05, 0) is 18.2 Å². The van der Waals surface area contributed by atoms with E-state index < -0.39 is 4.92 Å². The van der Waals surface area contributed by atoms with Crippen molar-refractivity contribution in [1.82, 2.24) is 0 Å². The van der Waals surface area contributed by atoms with Crippen molar-refractivity contribution in [2.45, 2.75) is 0 Å². The number of nitro benzene ring substituents is 1. The second-order valence-electron chi connectivity index (χ2n) is 2.67. The molecule has 0 saturated heterocycles. The molecule has 0 fully saturated rings. The molecule has 1 rings (SSSR count). The lowest BCUT2D eigenvalue weighted by Gasteiger charge is -1.95. The number of amidine groups is 1. The van der Waals surface area contributed by atoms with Gasteiger partial charge in [-0.2, -0.15) is 0 Å². The number of oxime groups is 1. The van der Waals surface area contributed by atoms with Gasteiger partial charge in [0, 0.05) is 6.07 Å². The Morgan fingerprint density at radius 3 is 2.80 bits per heavy atom. The molecule has 0 amide bonds. The number of nitrogens with zero attached hydrogens (tertiary/aromatic N) is 2. The van der Waals surface area contributed by atoms with E-state index in [0.717, 1.165) is 0 Å². The number of nitrogens with two attached hydrogens (primary N) is 1. The lowest BCUT2D eigenvalue weighted by molar-refractivity contribution is -0.385. The first kappa shape index (κ1) is 10.7. The Morgan fingerprint density at radius 1 is 1.53 bits per heavy atom. The largest absolute Gasteiger partial charge is 0.409 e. The molecule has 78 valence electrons. The molecule has 0 saturated carbocycles. The second kappa shape index (κ2) is 4.75. The van der Waals surface area contributed by atoms with E-state index in [1.165, 1.54) is 18.2 Å². The quantitative estimate of drug-likeness (QED) is 0.257. The molecular weight excluding hydrogens is 198 g/mol. The molecule has 0 aromatic heterocycles. The van der Waals surface area contributed by atoms with Crippen molar-refractivity contribution >= 4 is 17.6 Å². The van der Waals surface area contributed by atoms with Crippen LogP contribution in [-0.2, 0) is 0 Å². The Kier molecular flexibility index (Phi) is 3.39. The molecule has 0 spiro atoms. The van der Waals surface area contributed by atoms with Crippen LogP contribution in [0.1, 0.15) is 5.56 Å². The molecule has 6 heteroatoms. The van der Waals surface area contributed by atoms with Crippen molar-refractivity contribution in [2.24, 2.45) is 10.9 Å². The Morgan fingerprint density at radius 2 is 2.20 bits per heavy atom. The SMILES string of the molecule is NC(/C=C/c1ccccc1[N+](=O)[O-])=NO. The van der Waals surface area contributed by atoms with Gasteiger partial charge in [0.05, 0.1) is 10.5 Å². The van der Waals surface area contributed by atoms with E-state index in [2.05, 4.69) is 5.16 Å². The number of benzene rings is 1. The summed E-state index contributed by atoms with van der Waals surface area (Å²) in [5, 5.41) is 21.6. The van der Waals surface area contributed by atoms with Crippen molar-refractivity contribution in [3.8, 4) is 0 Å². The molecule has 0 aliphatic carbocycles. The van der Waals surface area contributed by atoms with E-state index in [1.807, 2.05) is 0 Å². The number of nitro groups is 1. The van der Waals surface area contributed by atoms with Crippen LogP contribution in [0.4, 0.5) is 5.69 Å². The third-order valence-corrected chi connectivity index (χ3v) is 1.68. The van der Waals surface area contributed by atoms with E-state index >= 15 is 0 Å². The monoisotopic (exact) mass is 207 g/mol. The molecule has 0 aliphatic heterocycles. The zero-order valence-electron chi connectivity index (χ0n) is 7.70. The van der Waals surface area contributed by atoms with Crippen molar-refractivity contribution in [1.29, 1.82) is 0 Å². The number of hydrogen-bond donors (Lipinski definition) is 2. The van der Waals surface area contributed by atoms with Crippen LogP contribution in [0, 0.1) is 10.1 Å². The van der Waals surface area contributed by atoms with E-state index in [9.17, 15) is 10.1 Å². The summed E-state index contributed by atoms with van der Waals surface area (Å²) in [5.41, 5.74) is 5.56. The smallest absolute Gasteiger partial charge is 0.276 e. The normalized spacial score (nSPS) is 11.9. The highest BCUT2D eigenvalue weighted by Gasteiger charge is 2.08. The predicted octanol–water partition coefficient (Wildman–Crippen LogP) is 1.35. The van der Waals surface area contributed by atoms with Crippen LogP contribution in [0.15, 0.2) is 35.5 Å². The lowest BCUT2D eigenvalue weighted by atomic mass is 10.1. The fraction of sp³-hybridized carbons (Fsp3) is 0. The molecule has 0 unspecified atom stereocenters. The Hall–Kier alpha value is -2.37. The fourth-order valence-electron chi connectivity index (χ4n) is 1.00. The molecule has 6 nitrogen and oxygen atoms in total. The van der Waals surface area contributed by atoms with Gasteiger partial charge in [-0.3, -0.25) is 10.1 Å². The van der Waals surface area contributed by atoms with Crippen LogP contribution >= 0.6 is 0 Å². The molecule has 0 radical (unpaired) electrons. The number of para-hydroxylation sites is 1. The van der Waals surface area contributed by atoms with Crippen LogP contribution in [0.25, 0.3) is 6.08 Å². The maximum atomic E-state index is 10.6. The van der Waals surface area contributed by atoms with Crippen molar-refractivity contribution in [3.63, 3.8) is 0 Å².